The first kappa shape index (κ1) is 19.4. The van der Waals surface area contributed by atoms with Crippen LogP contribution in [-0.2, 0) is 20.9 Å². The Balaban J connectivity index is 2.29. The summed E-state index contributed by atoms with van der Waals surface area (Å²) in [4.78, 5) is 23.4. The molecule has 0 aromatic heterocycles. The topological polar surface area (TPSA) is 111 Å². The largest absolute Gasteiger partial charge is 0.460 e. The zero-order chi connectivity index (χ0) is 17.2. The van der Waals surface area contributed by atoms with Gasteiger partial charge in [0.1, 0.15) is 13.2 Å². The number of halogens is 1. The highest BCUT2D eigenvalue weighted by Crippen LogP contribution is 2.11. The second kappa shape index (κ2) is 10.2. The van der Waals surface area contributed by atoms with Gasteiger partial charge in [0.05, 0.1) is 0 Å². The molecule has 1 atom stereocenters. The molecule has 23 heavy (non-hydrogen) atoms. The van der Waals surface area contributed by atoms with Gasteiger partial charge in [-0.05, 0) is 30.7 Å². The van der Waals surface area contributed by atoms with E-state index < -0.39 is 5.97 Å². The zero-order valence-corrected chi connectivity index (χ0v) is 13.9. The predicted octanol–water partition coefficient (Wildman–Crippen LogP) is 0.412. The van der Waals surface area contributed by atoms with E-state index in [-0.39, 0.29) is 31.5 Å². The van der Waals surface area contributed by atoms with Crippen LogP contribution < -0.4 is 16.9 Å². The van der Waals surface area contributed by atoms with E-state index in [2.05, 4.69) is 5.43 Å². The minimum absolute atomic E-state index is 0.0710. The number of ether oxygens (including phenoxy) is 1. The number of hydrazine groups is 1. The number of nitrogens with zero attached hydrogens (tertiary/aromatic N) is 1. The zero-order valence-electron chi connectivity index (χ0n) is 13.1. The maximum atomic E-state index is 11.7. The Hall–Kier alpha value is -1.67. The Labute approximate surface area is 140 Å². The summed E-state index contributed by atoms with van der Waals surface area (Å²) >= 11 is 5.85. The fourth-order valence-corrected chi connectivity index (χ4v) is 2.10. The average molecular weight is 343 g/mol. The normalized spacial score (nSPS) is 12.0. The van der Waals surface area contributed by atoms with Crippen molar-refractivity contribution in [2.24, 2.45) is 11.5 Å². The van der Waals surface area contributed by atoms with Crippen molar-refractivity contribution in [3.05, 3.63) is 34.9 Å². The standard InChI is InChI=1S/C15H23ClN4O3/c1-20(19-14(21)8-13(18)5-6-17)9-15(22)23-10-11-3-2-4-12(16)7-11/h2-4,7,13H,5-6,8-10,17-18H2,1H3,(H,19,21)/t13-/m0/s1. The lowest BCUT2D eigenvalue weighted by Crippen LogP contribution is -2.44. The summed E-state index contributed by atoms with van der Waals surface area (Å²) in [7, 11) is 1.58. The third-order valence-electron chi connectivity index (χ3n) is 2.96. The Bertz CT molecular complexity index is 527. The number of carbonyl (C=O) groups is 2. The molecule has 1 aromatic rings. The Kier molecular flexibility index (Phi) is 8.57. The van der Waals surface area contributed by atoms with Crippen LogP contribution in [0.15, 0.2) is 24.3 Å². The van der Waals surface area contributed by atoms with E-state index in [1.165, 1.54) is 5.01 Å². The second-order valence-electron chi connectivity index (χ2n) is 5.22. The van der Waals surface area contributed by atoms with Crippen molar-refractivity contribution in [1.29, 1.82) is 0 Å². The number of nitrogens with two attached hydrogens (primary N) is 2. The number of rotatable bonds is 9. The minimum atomic E-state index is -0.459. The van der Waals surface area contributed by atoms with Gasteiger partial charge in [0.2, 0.25) is 5.91 Å². The summed E-state index contributed by atoms with van der Waals surface area (Å²) < 4.78 is 5.12. The fraction of sp³-hybridized carbons (Fsp3) is 0.467. The van der Waals surface area contributed by atoms with E-state index in [1.807, 2.05) is 6.07 Å². The lowest BCUT2D eigenvalue weighted by molar-refractivity contribution is -0.147. The SMILES string of the molecule is CN(CC(=O)OCc1cccc(Cl)c1)NC(=O)C[C@@H](N)CCN. The molecule has 8 heteroatoms. The molecule has 0 radical (unpaired) electrons. The van der Waals surface area contributed by atoms with Crippen LogP contribution in [0.5, 0.6) is 0 Å². The van der Waals surface area contributed by atoms with Crippen molar-refractivity contribution < 1.29 is 14.3 Å². The van der Waals surface area contributed by atoms with Crippen molar-refractivity contribution in [2.75, 3.05) is 20.1 Å². The first-order chi connectivity index (χ1) is 10.9. The molecule has 0 bridgehead atoms. The number of amides is 1. The highest BCUT2D eigenvalue weighted by Gasteiger charge is 2.13. The molecule has 1 aromatic carbocycles. The van der Waals surface area contributed by atoms with Gasteiger partial charge in [-0.1, -0.05) is 23.7 Å². The van der Waals surface area contributed by atoms with Gasteiger partial charge in [-0.2, -0.15) is 0 Å². The lowest BCUT2D eigenvalue weighted by atomic mass is 10.1. The highest BCUT2D eigenvalue weighted by molar-refractivity contribution is 6.30. The van der Waals surface area contributed by atoms with Crippen LogP contribution in [0.1, 0.15) is 18.4 Å². The van der Waals surface area contributed by atoms with Gasteiger partial charge in [0, 0.05) is 24.5 Å². The maximum absolute atomic E-state index is 11.7. The van der Waals surface area contributed by atoms with Crippen molar-refractivity contribution in [1.82, 2.24) is 10.4 Å². The van der Waals surface area contributed by atoms with Crippen molar-refractivity contribution >= 4 is 23.5 Å². The highest BCUT2D eigenvalue weighted by atomic mass is 35.5. The summed E-state index contributed by atoms with van der Waals surface area (Å²) in [6.07, 6.45) is 0.720. The number of likely N-dealkylation sites (N-methyl/N-ethyl adjacent to an activating group) is 1. The summed E-state index contributed by atoms with van der Waals surface area (Å²) in [5, 5.41) is 1.94. The Morgan fingerprint density at radius 1 is 1.43 bits per heavy atom. The molecular formula is C15H23ClN4O3. The minimum Gasteiger partial charge on any atom is -0.460 e. The van der Waals surface area contributed by atoms with Crippen LogP contribution in [0.3, 0.4) is 0 Å². The molecule has 1 rings (SSSR count). The van der Waals surface area contributed by atoms with Crippen molar-refractivity contribution in [3.8, 4) is 0 Å². The van der Waals surface area contributed by atoms with Crippen LogP contribution in [0.2, 0.25) is 5.02 Å². The molecule has 0 saturated carbocycles. The van der Waals surface area contributed by atoms with Gasteiger partial charge in [-0.15, -0.1) is 0 Å². The summed E-state index contributed by atoms with van der Waals surface area (Å²) in [5.41, 5.74) is 14.5. The monoisotopic (exact) mass is 342 g/mol. The summed E-state index contributed by atoms with van der Waals surface area (Å²) in [6, 6.07) is 6.76. The molecule has 1 amide bonds. The third kappa shape index (κ3) is 8.51. The fourth-order valence-electron chi connectivity index (χ4n) is 1.88. The van der Waals surface area contributed by atoms with E-state index >= 15 is 0 Å². The van der Waals surface area contributed by atoms with Crippen molar-refractivity contribution in [3.63, 3.8) is 0 Å². The van der Waals surface area contributed by atoms with Crippen LogP contribution in [0.4, 0.5) is 0 Å². The van der Waals surface area contributed by atoms with Crippen LogP contribution >= 0.6 is 11.6 Å². The van der Waals surface area contributed by atoms with Gasteiger partial charge in [-0.3, -0.25) is 15.0 Å². The van der Waals surface area contributed by atoms with E-state index in [0.29, 0.717) is 18.0 Å². The molecule has 0 fully saturated rings. The summed E-state index contributed by atoms with van der Waals surface area (Å²) in [5.74, 6) is -0.727. The Morgan fingerprint density at radius 2 is 2.17 bits per heavy atom. The van der Waals surface area contributed by atoms with E-state index in [9.17, 15) is 9.59 Å². The van der Waals surface area contributed by atoms with Crippen LogP contribution in [0, 0.1) is 0 Å². The third-order valence-corrected chi connectivity index (χ3v) is 3.19. The number of benzene rings is 1. The average Bonchev–Trinajstić information content (AvgIpc) is 2.45. The van der Waals surface area contributed by atoms with Crippen LogP contribution in [0.25, 0.3) is 0 Å². The predicted molar refractivity (Wildman–Crippen MR) is 88.3 cm³/mol. The molecule has 0 aliphatic carbocycles. The van der Waals surface area contributed by atoms with E-state index in [0.717, 1.165) is 5.56 Å². The number of hydrogen-bond donors (Lipinski definition) is 3. The molecule has 0 aliphatic rings. The molecule has 0 heterocycles. The second-order valence-corrected chi connectivity index (χ2v) is 5.66. The Morgan fingerprint density at radius 3 is 2.83 bits per heavy atom. The quantitative estimate of drug-likeness (QED) is 0.443. The molecule has 0 unspecified atom stereocenters. The lowest BCUT2D eigenvalue weighted by Gasteiger charge is -2.18. The molecule has 0 spiro atoms. The van der Waals surface area contributed by atoms with Crippen molar-refractivity contribution in [2.45, 2.75) is 25.5 Å². The smallest absolute Gasteiger partial charge is 0.322 e. The first-order valence-electron chi connectivity index (χ1n) is 7.27. The molecule has 7 nitrogen and oxygen atoms in total. The van der Waals surface area contributed by atoms with E-state index in [4.69, 9.17) is 27.8 Å². The van der Waals surface area contributed by atoms with Gasteiger partial charge in [-0.25, -0.2) is 5.01 Å². The number of nitrogens with one attached hydrogen (secondary N) is 1. The number of hydrogen-bond acceptors (Lipinski definition) is 6. The first-order valence-corrected chi connectivity index (χ1v) is 7.65. The van der Waals surface area contributed by atoms with Gasteiger partial charge < -0.3 is 16.2 Å². The molecule has 0 saturated heterocycles. The van der Waals surface area contributed by atoms with Crippen LogP contribution in [-0.4, -0.2) is 43.1 Å². The number of carbonyl (C=O) groups excluding carboxylic acids is 2. The van der Waals surface area contributed by atoms with Gasteiger partial charge >= 0.3 is 5.97 Å². The number of esters is 1. The maximum Gasteiger partial charge on any atom is 0.322 e. The van der Waals surface area contributed by atoms with E-state index in [1.54, 1.807) is 25.2 Å². The summed E-state index contributed by atoms with van der Waals surface area (Å²) in [6.45, 7) is 0.487. The molecule has 5 N–H and O–H groups in total. The molecular weight excluding hydrogens is 320 g/mol. The van der Waals surface area contributed by atoms with Gasteiger partial charge in [0.25, 0.3) is 0 Å². The molecule has 128 valence electrons. The molecule has 0 aliphatic heterocycles. The van der Waals surface area contributed by atoms with Gasteiger partial charge in [0.15, 0.2) is 0 Å².